The molecule has 8 aromatic carbocycles. The summed E-state index contributed by atoms with van der Waals surface area (Å²) in [7, 11) is 0. The Morgan fingerprint density at radius 1 is 0.438 bits per heavy atom. The molecule has 0 fully saturated rings. The van der Waals surface area contributed by atoms with Gasteiger partial charge in [-0.15, -0.1) is 0 Å². The number of nitrogens with zero attached hydrogens (tertiary/aromatic N) is 1. The van der Waals surface area contributed by atoms with Gasteiger partial charge in [-0.2, -0.15) is 0 Å². The average molecular weight is 619 g/mol. The van der Waals surface area contributed by atoms with E-state index in [4.69, 9.17) is 11.3 Å². The van der Waals surface area contributed by atoms with Gasteiger partial charge in [-0.1, -0.05) is 152 Å². The van der Waals surface area contributed by atoms with Crippen LogP contribution in [-0.2, 0) is 0 Å². The molecule has 0 saturated heterocycles. The zero-order valence-electron chi connectivity index (χ0n) is 30.9. The van der Waals surface area contributed by atoms with Gasteiger partial charge in [-0.05, 0) is 80.6 Å². The minimum absolute atomic E-state index is 0.147. The number of fused-ring (bicyclic) bond motifs is 5. The monoisotopic (exact) mass is 618 g/mol. The van der Waals surface area contributed by atoms with E-state index in [1.165, 1.54) is 0 Å². The van der Waals surface area contributed by atoms with Crippen molar-refractivity contribution in [2.24, 2.45) is 0 Å². The first-order valence-corrected chi connectivity index (χ1v) is 15.9. The smallest absolute Gasteiger partial charge is 0.159 e. The highest BCUT2D eigenvalue weighted by Crippen LogP contribution is 2.46. The Bertz CT molecular complexity index is 2700. The summed E-state index contributed by atoms with van der Waals surface area (Å²) < 4.78 is 49.3. The fourth-order valence-electron chi connectivity index (χ4n) is 6.71. The maximum absolute atomic E-state index is 8.77. The first kappa shape index (κ1) is 23.0. The molecule has 0 bridgehead atoms. The molecule has 0 atom stereocenters. The molecule has 0 aliphatic rings. The first-order chi connectivity index (χ1) is 25.9. The molecular formula is C46H31NO. The molecule has 48 heavy (non-hydrogen) atoms. The normalized spacial score (nSPS) is 12.8. The summed E-state index contributed by atoms with van der Waals surface area (Å²) in [5.74, 6) is 0. The van der Waals surface area contributed by atoms with Crippen LogP contribution in [0.1, 0.15) is 6.85 Å². The number of para-hydroxylation sites is 1. The third-order valence-electron chi connectivity index (χ3n) is 8.96. The van der Waals surface area contributed by atoms with Gasteiger partial charge in [0.25, 0.3) is 0 Å². The van der Waals surface area contributed by atoms with Crippen LogP contribution in [0.15, 0.2) is 192 Å². The van der Waals surface area contributed by atoms with E-state index >= 15 is 0 Å². The van der Waals surface area contributed by atoms with Gasteiger partial charge in [0.05, 0.1) is 12.5 Å². The quantitative estimate of drug-likeness (QED) is 0.184. The molecule has 0 amide bonds. The van der Waals surface area contributed by atoms with Gasteiger partial charge in [0.2, 0.25) is 0 Å². The molecule has 0 aliphatic carbocycles. The van der Waals surface area contributed by atoms with Crippen molar-refractivity contribution in [1.29, 1.82) is 0 Å². The summed E-state index contributed by atoms with van der Waals surface area (Å²) in [5.41, 5.74) is 9.15. The van der Waals surface area contributed by atoms with E-state index in [9.17, 15) is 0 Å². The molecule has 1 heterocycles. The van der Waals surface area contributed by atoms with Gasteiger partial charge in [0, 0.05) is 22.1 Å². The molecule has 9 aromatic rings. The van der Waals surface area contributed by atoms with Crippen LogP contribution < -0.4 is 4.90 Å². The lowest BCUT2D eigenvalue weighted by Gasteiger charge is -2.26. The molecular weight excluding hydrogens is 583 g/mol. The highest BCUT2D eigenvalue weighted by molar-refractivity contribution is 6.23. The van der Waals surface area contributed by atoms with E-state index in [2.05, 4.69) is 89.8 Å². The number of rotatable bonds is 6. The van der Waals surface area contributed by atoms with Crippen molar-refractivity contribution < 1.29 is 11.3 Å². The van der Waals surface area contributed by atoms with Gasteiger partial charge in [-0.25, -0.2) is 0 Å². The molecule has 0 N–H and O–H groups in total. The Morgan fingerprint density at radius 3 is 1.56 bits per heavy atom. The van der Waals surface area contributed by atoms with Crippen LogP contribution in [0.25, 0.3) is 66.1 Å². The maximum atomic E-state index is 8.77. The standard InChI is InChI=1S/C46H31NO/c1-4-13-32(14-5-1)34-23-27-37(28-24-34)47(38-29-25-35(26-30-38)33-15-6-2-7-16-33)43-22-12-21-41-45-40-20-11-10-19-39(40)42(31-44(45)48-46(41)43)36-17-8-3-9-18-36/h1-31H/i3D,8D,9D,17D,18D. The fraction of sp³-hybridized carbons (Fsp3) is 0. The Hall–Kier alpha value is -6.38. The van der Waals surface area contributed by atoms with E-state index in [0.717, 1.165) is 60.9 Å². The molecule has 226 valence electrons. The Labute approximate surface area is 286 Å². The summed E-state index contributed by atoms with van der Waals surface area (Å²) in [6, 6.07) is 51.7. The molecule has 0 aliphatic heterocycles. The van der Waals surface area contributed by atoms with Crippen LogP contribution in [0.2, 0.25) is 0 Å². The molecule has 1 aromatic heterocycles. The second kappa shape index (κ2) is 11.8. The topological polar surface area (TPSA) is 16.4 Å². The van der Waals surface area contributed by atoms with Gasteiger partial charge in [0.1, 0.15) is 5.58 Å². The third-order valence-corrected chi connectivity index (χ3v) is 8.96. The van der Waals surface area contributed by atoms with Crippen molar-refractivity contribution in [1.82, 2.24) is 0 Å². The largest absolute Gasteiger partial charge is 0.454 e. The van der Waals surface area contributed by atoms with Crippen molar-refractivity contribution in [2.75, 3.05) is 4.90 Å². The van der Waals surface area contributed by atoms with E-state index in [-0.39, 0.29) is 29.7 Å². The lowest BCUT2D eigenvalue weighted by molar-refractivity contribution is 0.669. The number of furan rings is 1. The molecule has 9 rings (SSSR count). The number of hydrogen-bond donors (Lipinski definition) is 0. The van der Waals surface area contributed by atoms with Crippen LogP contribution in [0, 0.1) is 0 Å². The van der Waals surface area contributed by atoms with Crippen LogP contribution in [0.3, 0.4) is 0 Å². The highest BCUT2D eigenvalue weighted by atomic mass is 16.3. The molecule has 2 heteroatoms. The Kier molecular flexibility index (Phi) is 5.64. The second-order valence-electron chi connectivity index (χ2n) is 11.8. The van der Waals surface area contributed by atoms with Crippen molar-refractivity contribution in [3.63, 3.8) is 0 Å². The predicted octanol–water partition coefficient (Wildman–Crippen LogP) is 13.2. The van der Waals surface area contributed by atoms with Crippen molar-refractivity contribution in [3.8, 4) is 33.4 Å². The summed E-state index contributed by atoms with van der Waals surface area (Å²) in [6.07, 6.45) is 0. The van der Waals surface area contributed by atoms with Crippen LogP contribution in [-0.4, -0.2) is 0 Å². The van der Waals surface area contributed by atoms with Crippen LogP contribution in [0.4, 0.5) is 17.1 Å². The SMILES string of the molecule is [2H]c1c([2H])c([2H])c(-c2cc3oc4c(N(c5ccc(-c6ccccc6)cc5)c5ccc(-c6ccccc6)cc5)cccc4c3c3ccccc23)c([2H])c1[2H]. The van der Waals surface area contributed by atoms with Crippen molar-refractivity contribution in [3.05, 3.63) is 188 Å². The summed E-state index contributed by atoms with van der Waals surface area (Å²) in [4.78, 5) is 2.20. The minimum atomic E-state index is -0.420. The van der Waals surface area contributed by atoms with E-state index in [1.807, 2.05) is 72.8 Å². The molecule has 2 nitrogen and oxygen atoms in total. The van der Waals surface area contributed by atoms with Gasteiger partial charge >= 0.3 is 0 Å². The van der Waals surface area contributed by atoms with Gasteiger partial charge in [0.15, 0.2) is 5.58 Å². The van der Waals surface area contributed by atoms with Crippen LogP contribution in [0.5, 0.6) is 0 Å². The Morgan fingerprint density at radius 2 is 0.958 bits per heavy atom. The van der Waals surface area contributed by atoms with Crippen molar-refractivity contribution >= 4 is 49.8 Å². The zero-order valence-corrected chi connectivity index (χ0v) is 25.9. The zero-order chi connectivity index (χ0) is 36.2. The fourth-order valence-corrected chi connectivity index (χ4v) is 6.71. The van der Waals surface area contributed by atoms with Crippen molar-refractivity contribution in [2.45, 2.75) is 0 Å². The molecule has 0 radical (unpaired) electrons. The van der Waals surface area contributed by atoms with Crippen LogP contribution >= 0.6 is 0 Å². The summed E-state index contributed by atoms with van der Waals surface area (Å²) >= 11 is 0. The molecule has 0 unspecified atom stereocenters. The third kappa shape index (κ3) is 4.83. The van der Waals surface area contributed by atoms with E-state index < -0.39 is 6.04 Å². The van der Waals surface area contributed by atoms with E-state index in [0.29, 0.717) is 16.7 Å². The second-order valence-corrected chi connectivity index (χ2v) is 11.8. The van der Waals surface area contributed by atoms with E-state index in [1.54, 1.807) is 0 Å². The molecule has 0 saturated carbocycles. The predicted molar refractivity (Wildman–Crippen MR) is 202 cm³/mol. The number of anilines is 3. The maximum Gasteiger partial charge on any atom is 0.159 e. The number of hydrogen-bond acceptors (Lipinski definition) is 2. The highest BCUT2D eigenvalue weighted by Gasteiger charge is 2.21. The summed E-state index contributed by atoms with van der Waals surface area (Å²) in [6.45, 7) is 0. The lowest BCUT2D eigenvalue weighted by Crippen LogP contribution is -2.10. The van der Waals surface area contributed by atoms with Gasteiger partial charge in [-0.3, -0.25) is 0 Å². The first-order valence-electron chi connectivity index (χ1n) is 18.4. The lowest BCUT2D eigenvalue weighted by atomic mass is 9.95. The minimum Gasteiger partial charge on any atom is -0.454 e. The van der Waals surface area contributed by atoms with Gasteiger partial charge < -0.3 is 9.32 Å². The number of benzene rings is 8. The Balaban J connectivity index is 1.27. The molecule has 0 spiro atoms. The summed E-state index contributed by atoms with van der Waals surface area (Å²) in [5, 5.41) is 3.45. The average Bonchev–Trinajstić information content (AvgIpc) is 3.60.